The standard InChI is InChI=1S/C12H18N2O2/c1-6(2)8-5-4-7(3)9-10(8)13-14-11(9)12(15)16/h6-8H,4-5H2,1-3H3,(H,13,14)(H,15,16)/t7-,8-/m0/s1. The van der Waals surface area contributed by atoms with E-state index in [-0.39, 0.29) is 5.69 Å². The van der Waals surface area contributed by atoms with Crippen molar-refractivity contribution in [2.24, 2.45) is 5.92 Å². The highest BCUT2D eigenvalue weighted by Crippen LogP contribution is 2.42. The van der Waals surface area contributed by atoms with E-state index in [1.807, 2.05) is 0 Å². The number of nitrogens with zero attached hydrogens (tertiary/aromatic N) is 1. The Labute approximate surface area is 95.1 Å². The van der Waals surface area contributed by atoms with Crippen LogP contribution < -0.4 is 0 Å². The Morgan fingerprint density at radius 1 is 1.50 bits per heavy atom. The molecule has 1 aliphatic carbocycles. The lowest BCUT2D eigenvalue weighted by Crippen LogP contribution is -2.18. The van der Waals surface area contributed by atoms with Crippen LogP contribution in [0.1, 0.15) is 67.2 Å². The molecule has 1 heterocycles. The zero-order valence-corrected chi connectivity index (χ0v) is 9.95. The van der Waals surface area contributed by atoms with E-state index in [1.54, 1.807) is 0 Å². The van der Waals surface area contributed by atoms with Crippen LogP contribution in [0.25, 0.3) is 0 Å². The Bertz CT molecular complexity index is 409. The fourth-order valence-electron chi connectivity index (χ4n) is 2.69. The molecule has 0 aliphatic heterocycles. The second kappa shape index (κ2) is 3.92. The summed E-state index contributed by atoms with van der Waals surface area (Å²) in [5, 5.41) is 16.0. The average molecular weight is 222 g/mol. The molecule has 0 amide bonds. The van der Waals surface area contributed by atoms with Crippen LogP contribution in [0.5, 0.6) is 0 Å². The van der Waals surface area contributed by atoms with E-state index in [1.165, 1.54) is 0 Å². The first-order chi connectivity index (χ1) is 7.52. The molecule has 1 aliphatic rings. The van der Waals surface area contributed by atoms with Crippen molar-refractivity contribution < 1.29 is 9.90 Å². The van der Waals surface area contributed by atoms with Crippen LogP contribution in [-0.4, -0.2) is 21.3 Å². The fourth-order valence-corrected chi connectivity index (χ4v) is 2.69. The molecule has 1 aromatic heterocycles. The number of nitrogens with one attached hydrogen (secondary N) is 1. The maximum atomic E-state index is 11.1. The molecule has 0 aromatic carbocycles. The molecule has 2 atom stereocenters. The first kappa shape index (κ1) is 11.2. The van der Waals surface area contributed by atoms with Crippen LogP contribution in [0.4, 0.5) is 0 Å². The molecular weight excluding hydrogens is 204 g/mol. The van der Waals surface area contributed by atoms with Crippen LogP contribution in [0.15, 0.2) is 0 Å². The Morgan fingerprint density at radius 3 is 2.75 bits per heavy atom. The van der Waals surface area contributed by atoms with Crippen molar-refractivity contribution in [1.82, 2.24) is 10.2 Å². The summed E-state index contributed by atoms with van der Waals surface area (Å²) < 4.78 is 0. The number of hydrogen-bond donors (Lipinski definition) is 2. The van der Waals surface area contributed by atoms with Gasteiger partial charge < -0.3 is 5.11 Å². The highest BCUT2D eigenvalue weighted by molar-refractivity contribution is 5.87. The smallest absolute Gasteiger partial charge is 0.356 e. The van der Waals surface area contributed by atoms with E-state index in [4.69, 9.17) is 5.11 Å². The Morgan fingerprint density at radius 2 is 2.19 bits per heavy atom. The molecule has 4 nitrogen and oxygen atoms in total. The van der Waals surface area contributed by atoms with Gasteiger partial charge in [0.2, 0.25) is 0 Å². The highest BCUT2D eigenvalue weighted by atomic mass is 16.4. The zero-order valence-electron chi connectivity index (χ0n) is 9.95. The SMILES string of the molecule is CC(C)[C@@H]1CC[C@H](C)c2c(C(=O)O)n[nH]c21. The second-order valence-corrected chi connectivity index (χ2v) is 5.03. The van der Waals surface area contributed by atoms with Gasteiger partial charge >= 0.3 is 5.97 Å². The average Bonchev–Trinajstić information content (AvgIpc) is 2.62. The van der Waals surface area contributed by atoms with Gasteiger partial charge in [-0.1, -0.05) is 20.8 Å². The first-order valence-corrected chi connectivity index (χ1v) is 5.83. The lowest BCUT2D eigenvalue weighted by atomic mass is 9.76. The third-order valence-corrected chi connectivity index (χ3v) is 3.62. The van der Waals surface area contributed by atoms with Gasteiger partial charge in [-0.15, -0.1) is 0 Å². The maximum absolute atomic E-state index is 11.1. The summed E-state index contributed by atoms with van der Waals surface area (Å²) in [7, 11) is 0. The largest absolute Gasteiger partial charge is 0.476 e. The number of carbonyl (C=O) groups is 1. The molecule has 0 bridgehead atoms. The van der Waals surface area contributed by atoms with Crippen LogP contribution >= 0.6 is 0 Å². The maximum Gasteiger partial charge on any atom is 0.356 e. The number of carboxylic acids is 1. The zero-order chi connectivity index (χ0) is 11.9. The predicted octanol–water partition coefficient (Wildman–Crippen LogP) is 2.74. The summed E-state index contributed by atoms with van der Waals surface area (Å²) >= 11 is 0. The van der Waals surface area contributed by atoms with E-state index < -0.39 is 5.97 Å². The Kier molecular flexibility index (Phi) is 2.74. The third kappa shape index (κ3) is 1.62. The molecule has 4 heteroatoms. The molecule has 0 saturated heterocycles. The predicted molar refractivity (Wildman–Crippen MR) is 60.8 cm³/mol. The van der Waals surface area contributed by atoms with Gasteiger partial charge in [-0.25, -0.2) is 4.79 Å². The summed E-state index contributed by atoms with van der Waals surface area (Å²) in [6.45, 7) is 6.43. The summed E-state index contributed by atoms with van der Waals surface area (Å²) in [5.74, 6) is 0.323. The van der Waals surface area contributed by atoms with Gasteiger partial charge in [-0.05, 0) is 24.7 Å². The molecule has 16 heavy (non-hydrogen) atoms. The van der Waals surface area contributed by atoms with Crippen LogP contribution in [0.2, 0.25) is 0 Å². The minimum atomic E-state index is -0.922. The van der Waals surface area contributed by atoms with Crippen LogP contribution in [-0.2, 0) is 0 Å². The van der Waals surface area contributed by atoms with Gasteiger partial charge in [-0.3, -0.25) is 5.10 Å². The van der Waals surface area contributed by atoms with Gasteiger partial charge in [0, 0.05) is 17.2 Å². The Balaban J connectivity index is 2.49. The van der Waals surface area contributed by atoms with E-state index in [2.05, 4.69) is 31.0 Å². The van der Waals surface area contributed by atoms with Crippen molar-refractivity contribution in [3.63, 3.8) is 0 Å². The number of fused-ring (bicyclic) bond motifs is 1. The highest BCUT2D eigenvalue weighted by Gasteiger charge is 2.33. The first-order valence-electron chi connectivity index (χ1n) is 5.83. The molecule has 0 radical (unpaired) electrons. The van der Waals surface area contributed by atoms with E-state index >= 15 is 0 Å². The molecule has 0 spiro atoms. The molecule has 0 fully saturated rings. The molecular formula is C12H18N2O2. The monoisotopic (exact) mass is 222 g/mol. The molecule has 2 rings (SSSR count). The van der Waals surface area contributed by atoms with Crippen molar-refractivity contribution >= 4 is 5.97 Å². The van der Waals surface area contributed by atoms with Crippen LogP contribution in [0, 0.1) is 5.92 Å². The number of aromatic nitrogens is 2. The molecule has 2 N–H and O–H groups in total. The number of H-pyrrole nitrogens is 1. The van der Waals surface area contributed by atoms with Crippen LogP contribution in [0.3, 0.4) is 0 Å². The van der Waals surface area contributed by atoms with Gasteiger partial charge in [0.1, 0.15) is 0 Å². The number of hydrogen-bond acceptors (Lipinski definition) is 2. The molecule has 1 aromatic rings. The third-order valence-electron chi connectivity index (χ3n) is 3.62. The summed E-state index contributed by atoms with van der Waals surface area (Å²) in [6.07, 6.45) is 2.17. The van der Waals surface area contributed by atoms with Gasteiger partial charge in [0.25, 0.3) is 0 Å². The molecule has 0 unspecified atom stereocenters. The van der Waals surface area contributed by atoms with E-state index in [0.29, 0.717) is 17.8 Å². The topological polar surface area (TPSA) is 66.0 Å². The minimum absolute atomic E-state index is 0.216. The van der Waals surface area contributed by atoms with Gasteiger partial charge in [0.15, 0.2) is 5.69 Å². The number of aromatic amines is 1. The van der Waals surface area contributed by atoms with E-state index in [9.17, 15) is 4.79 Å². The summed E-state index contributed by atoms with van der Waals surface area (Å²) in [4.78, 5) is 11.1. The summed E-state index contributed by atoms with van der Waals surface area (Å²) in [5.41, 5.74) is 2.19. The van der Waals surface area contributed by atoms with Crippen molar-refractivity contribution in [2.75, 3.05) is 0 Å². The van der Waals surface area contributed by atoms with Gasteiger partial charge in [0.05, 0.1) is 0 Å². The van der Waals surface area contributed by atoms with Crippen molar-refractivity contribution in [3.05, 3.63) is 17.0 Å². The minimum Gasteiger partial charge on any atom is -0.476 e. The quantitative estimate of drug-likeness (QED) is 0.808. The summed E-state index contributed by atoms with van der Waals surface area (Å²) in [6, 6.07) is 0. The number of aromatic carboxylic acids is 1. The van der Waals surface area contributed by atoms with Gasteiger partial charge in [-0.2, -0.15) is 5.10 Å². The number of carboxylic acid groups (broad SMARTS) is 1. The molecule has 88 valence electrons. The van der Waals surface area contributed by atoms with E-state index in [0.717, 1.165) is 24.1 Å². The van der Waals surface area contributed by atoms with Crippen molar-refractivity contribution in [2.45, 2.75) is 45.4 Å². The van der Waals surface area contributed by atoms with Crippen molar-refractivity contribution in [3.8, 4) is 0 Å². The fraction of sp³-hybridized carbons (Fsp3) is 0.667. The lowest BCUT2D eigenvalue weighted by Gasteiger charge is -2.29. The number of rotatable bonds is 2. The second-order valence-electron chi connectivity index (χ2n) is 5.03. The Hall–Kier alpha value is -1.32. The van der Waals surface area contributed by atoms with Crippen molar-refractivity contribution in [1.29, 1.82) is 0 Å². The molecule has 0 saturated carbocycles. The lowest BCUT2D eigenvalue weighted by molar-refractivity contribution is 0.0688. The normalized spacial score (nSPS) is 24.5.